The number of amides is 2. The molecular formula is C17H18N4O4. The smallest absolute Gasteiger partial charge is 0.292 e. The van der Waals surface area contributed by atoms with Crippen LogP contribution in [0.15, 0.2) is 48.5 Å². The molecule has 0 saturated carbocycles. The van der Waals surface area contributed by atoms with Crippen molar-refractivity contribution in [2.24, 2.45) is 0 Å². The minimum atomic E-state index is -0.473. The van der Waals surface area contributed by atoms with Gasteiger partial charge >= 0.3 is 0 Å². The SMILES string of the molecule is CC(=O)Nc1ccc(NC(=O)CCNc2ccccc2[N+](=O)[O-])cc1. The second-order valence-corrected chi connectivity index (χ2v) is 5.26. The highest BCUT2D eigenvalue weighted by Gasteiger charge is 2.12. The lowest BCUT2D eigenvalue weighted by molar-refractivity contribution is -0.384. The summed E-state index contributed by atoms with van der Waals surface area (Å²) in [5, 5.41) is 19.2. The summed E-state index contributed by atoms with van der Waals surface area (Å²) in [5.41, 5.74) is 1.59. The maximum Gasteiger partial charge on any atom is 0.292 e. The molecule has 0 radical (unpaired) electrons. The van der Waals surface area contributed by atoms with Crippen LogP contribution in [0.2, 0.25) is 0 Å². The molecule has 3 N–H and O–H groups in total. The minimum Gasteiger partial charge on any atom is -0.379 e. The van der Waals surface area contributed by atoms with Gasteiger partial charge in [0.05, 0.1) is 4.92 Å². The predicted molar refractivity (Wildman–Crippen MR) is 95.6 cm³/mol. The van der Waals surface area contributed by atoms with Crippen molar-refractivity contribution in [3.05, 3.63) is 58.6 Å². The first kappa shape index (κ1) is 17.9. The van der Waals surface area contributed by atoms with Crippen LogP contribution < -0.4 is 16.0 Å². The summed E-state index contributed by atoms with van der Waals surface area (Å²) >= 11 is 0. The molecule has 8 nitrogen and oxygen atoms in total. The van der Waals surface area contributed by atoms with E-state index in [-0.39, 0.29) is 30.5 Å². The lowest BCUT2D eigenvalue weighted by Crippen LogP contribution is -2.16. The summed E-state index contributed by atoms with van der Waals surface area (Å²) in [6, 6.07) is 13.0. The molecule has 0 fully saturated rings. The van der Waals surface area contributed by atoms with Crippen LogP contribution in [-0.2, 0) is 9.59 Å². The van der Waals surface area contributed by atoms with E-state index in [9.17, 15) is 19.7 Å². The molecule has 0 aliphatic rings. The molecule has 0 aliphatic carbocycles. The number of nitro groups is 1. The Morgan fingerprint density at radius 3 is 2.20 bits per heavy atom. The number of nitrogens with zero attached hydrogens (tertiary/aromatic N) is 1. The molecule has 0 saturated heterocycles. The molecule has 25 heavy (non-hydrogen) atoms. The van der Waals surface area contributed by atoms with Gasteiger partial charge in [-0.1, -0.05) is 12.1 Å². The van der Waals surface area contributed by atoms with E-state index in [2.05, 4.69) is 16.0 Å². The quantitative estimate of drug-likeness (QED) is 0.529. The van der Waals surface area contributed by atoms with Crippen LogP contribution in [0.1, 0.15) is 13.3 Å². The third kappa shape index (κ3) is 5.61. The van der Waals surface area contributed by atoms with E-state index in [1.165, 1.54) is 13.0 Å². The number of hydrogen-bond acceptors (Lipinski definition) is 5. The Morgan fingerprint density at radius 2 is 1.60 bits per heavy atom. The number of para-hydroxylation sites is 2. The zero-order valence-corrected chi connectivity index (χ0v) is 13.6. The maximum atomic E-state index is 11.9. The number of anilines is 3. The van der Waals surface area contributed by atoms with Crippen molar-refractivity contribution in [1.29, 1.82) is 0 Å². The van der Waals surface area contributed by atoms with E-state index in [1.807, 2.05) is 0 Å². The van der Waals surface area contributed by atoms with Crippen LogP contribution >= 0.6 is 0 Å². The third-order valence-corrected chi connectivity index (χ3v) is 3.26. The van der Waals surface area contributed by atoms with Crippen molar-refractivity contribution < 1.29 is 14.5 Å². The van der Waals surface area contributed by atoms with Crippen molar-refractivity contribution in [2.45, 2.75) is 13.3 Å². The first-order chi connectivity index (χ1) is 12.0. The molecule has 0 aliphatic heterocycles. The molecule has 8 heteroatoms. The Hall–Kier alpha value is -3.42. The van der Waals surface area contributed by atoms with E-state index in [0.717, 1.165) is 0 Å². The fraction of sp³-hybridized carbons (Fsp3) is 0.176. The molecule has 0 bridgehead atoms. The molecule has 2 rings (SSSR count). The molecule has 2 amide bonds. The van der Waals surface area contributed by atoms with Crippen LogP contribution in [0, 0.1) is 10.1 Å². The normalized spacial score (nSPS) is 9.96. The van der Waals surface area contributed by atoms with Crippen molar-refractivity contribution in [1.82, 2.24) is 0 Å². The molecule has 2 aromatic rings. The van der Waals surface area contributed by atoms with Gasteiger partial charge in [-0.2, -0.15) is 0 Å². The van der Waals surface area contributed by atoms with Crippen molar-refractivity contribution in [3.63, 3.8) is 0 Å². The fourth-order valence-corrected chi connectivity index (χ4v) is 2.16. The Morgan fingerprint density at radius 1 is 1.00 bits per heavy atom. The summed E-state index contributed by atoms with van der Waals surface area (Å²) in [5.74, 6) is -0.392. The van der Waals surface area contributed by atoms with Gasteiger partial charge in [-0.3, -0.25) is 19.7 Å². The first-order valence-corrected chi connectivity index (χ1v) is 7.60. The van der Waals surface area contributed by atoms with E-state index in [4.69, 9.17) is 0 Å². The molecule has 0 spiro atoms. The van der Waals surface area contributed by atoms with Gasteiger partial charge in [0.25, 0.3) is 5.69 Å². The maximum absolute atomic E-state index is 11.9. The number of carbonyl (C=O) groups is 2. The van der Waals surface area contributed by atoms with Gasteiger partial charge in [0.2, 0.25) is 11.8 Å². The lowest BCUT2D eigenvalue weighted by Gasteiger charge is -2.09. The monoisotopic (exact) mass is 342 g/mol. The number of carbonyl (C=O) groups excluding carboxylic acids is 2. The van der Waals surface area contributed by atoms with Gasteiger partial charge in [-0.15, -0.1) is 0 Å². The Bertz CT molecular complexity index is 774. The van der Waals surface area contributed by atoms with Crippen LogP contribution in [0.4, 0.5) is 22.7 Å². The average Bonchev–Trinajstić information content (AvgIpc) is 2.56. The summed E-state index contributed by atoms with van der Waals surface area (Å²) in [6.45, 7) is 1.68. The molecule has 0 heterocycles. The summed E-state index contributed by atoms with van der Waals surface area (Å²) in [7, 11) is 0. The fourth-order valence-electron chi connectivity index (χ4n) is 2.16. The van der Waals surface area contributed by atoms with Gasteiger partial charge in [-0.05, 0) is 30.3 Å². The number of benzene rings is 2. The summed E-state index contributed by atoms with van der Waals surface area (Å²) in [6.07, 6.45) is 0.152. The molecular weight excluding hydrogens is 324 g/mol. The minimum absolute atomic E-state index is 0.0310. The van der Waals surface area contributed by atoms with Crippen LogP contribution in [0.3, 0.4) is 0 Å². The first-order valence-electron chi connectivity index (χ1n) is 7.60. The number of nitrogens with one attached hydrogen (secondary N) is 3. The molecule has 0 unspecified atom stereocenters. The standard InChI is InChI=1S/C17H18N4O4/c1-12(22)19-13-6-8-14(9-7-13)20-17(23)10-11-18-15-4-2-3-5-16(15)21(24)25/h2-9,18H,10-11H2,1H3,(H,19,22)(H,20,23). The topological polar surface area (TPSA) is 113 Å². The molecule has 0 atom stereocenters. The molecule has 130 valence electrons. The van der Waals surface area contributed by atoms with E-state index in [0.29, 0.717) is 17.1 Å². The number of hydrogen-bond donors (Lipinski definition) is 3. The highest BCUT2D eigenvalue weighted by molar-refractivity contribution is 5.92. The van der Waals surface area contributed by atoms with Gasteiger partial charge in [0, 0.05) is 37.3 Å². The largest absolute Gasteiger partial charge is 0.379 e. The molecule has 0 aromatic heterocycles. The average molecular weight is 342 g/mol. The highest BCUT2D eigenvalue weighted by Crippen LogP contribution is 2.23. The Kier molecular flexibility index (Phi) is 6.05. The second-order valence-electron chi connectivity index (χ2n) is 5.26. The van der Waals surface area contributed by atoms with Gasteiger partial charge < -0.3 is 16.0 Å². The second kappa shape index (κ2) is 8.44. The third-order valence-electron chi connectivity index (χ3n) is 3.26. The van der Waals surface area contributed by atoms with E-state index in [1.54, 1.807) is 42.5 Å². The highest BCUT2D eigenvalue weighted by atomic mass is 16.6. The number of rotatable bonds is 7. The van der Waals surface area contributed by atoms with Crippen molar-refractivity contribution >= 4 is 34.6 Å². The summed E-state index contributed by atoms with van der Waals surface area (Å²) < 4.78 is 0. The lowest BCUT2D eigenvalue weighted by atomic mass is 10.2. The van der Waals surface area contributed by atoms with E-state index >= 15 is 0 Å². The Labute approximate surface area is 144 Å². The van der Waals surface area contributed by atoms with Gasteiger partial charge in [-0.25, -0.2) is 0 Å². The van der Waals surface area contributed by atoms with Crippen molar-refractivity contribution in [3.8, 4) is 0 Å². The zero-order chi connectivity index (χ0) is 18.2. The zero-order valence-electron chi connectivity index (χ0n) is 13.6. The van der Waals surface area contributed by atoms with E-state index < -0.39 is 4.92 Å². The van der Waals surface area contributed by atoms with Crippen LogP contribution in [0.25, 0.3) is 0 Å². The summed E-state index contributed by atoms with van der Waals surface area (Å²) in [4.78, 5) is 33.3. The predicted octanol–water partition coefficient (Wildman–Crippen LogP) is 2.99. The van der Waals surface area contributed by atoms with Crippen molar-refractivity contribution in [2.75, 3.05) is 22.5 Å². The number of nitro benzene ring substituents is 1. The van der Waals surface area contributed by atoms with Gasteiger partial charge in [0.1, 0.15) is 5.69 Å². The Balaban J connectivity index is 1.83. The van der Waals surface area contributed by atoms with Crippen LogP contribution in [-0.4, -0.2) is 23.3 Å². The molecule has 2 aromatic carbocycles. The van der Waals surface area contributed by atoms with Crippen LogP contribution in [0.5, 0.6) is 0 Å². The van der Waals surface area contributed by atoms with Gasteiger partial charge in [0.15, 0.2) is 0 Å².